The molecule has 1 N–H and O–H groups in total. The van der Waals surface area contributed by atoms with Gasteiger partial charge < -0.3 is 15.1 Å². The van der Waals surface area contributed by atoms with Crippen LogP contribution in [0.5, 0.6) is 0 Å². The van der Waals surface area contributed by atoms with Crippen LogP contribution in [0.25, 0.3) is 16.7 Å². The molecule has 1 aliphatic heterocycles. The highest BCUT2D eigenvalue weighted by Crippen LogP contribution is 2.22. The van der Waals surface area contributed by atoms with Crippen LogP contribution >= 0.6 is 0 Å². The van der Waals surface area contributed by atoms with E-state index in [4.69, 9.17) is 0 Å². The van der Waals surface area contributed by atoms with Crippen LogP contribution in [-0.4, -0.2) is 75.9 Å². The van der Waals surface area contributed by atoms with Crippen molar-refractivity contribution in [1.82, 2.24) is 29.5 Å². The zero-order valence-corrected chi connectivity index (χ0v) is 16.8. The van der Waals surface area contributed by atoms with Crippen molar-refractivity contribution < 1.29 is 0 Å². The molecule has 3 heterocycles. The van der Waals surface area contributed by atoms with Gasteiger partial charge >= 0.3 is 0 Å². The summed E-state index contributed by atoms with van der Waals surface area (Å²) < 4.78 is 1.88. The van der Waals surface area contributed by atoms with E-state index >= 15 is 0 Å². The number of rotatable bonds is 7. The molecule has 7 heteroatoms. The van der Waals surface area contributed by atoms with Crippen LogP contribution in [0.2, 0.25) is 0 Å². The molecule has 3 aromatic rings. The minimum absolute atomic E-state index is 0.834. The van der Waals surface area contributed by atoms with E-state index in [-0.39, 0.29) is 0 Å². The molecule has 1 fully saturated rings. The molecule has 0 aliphatic carbocycles. The quantitative estimate of drug-likeness (QED) is 0.636. The maximum absolute atomic E-state index is 4.55. The predicted octanol–water partition coefficient (Wildman–Crippen LogP) is 2.43. The fourth-order valence-electron chi connectivity index (χ4n) is 3.63. The number of anilines is 1. The highest BCUT2D eigenvalue weighted by molar-refractivity contribution is 5.87. The highest BCUT2D eigenvalue weighted by Gasteiger charge is 2.14. The fraction of sp³-hybridized carbons (Fsp3) is 0.476. The predicted molar refractivity (Wildman–Crippen MR) is 113 cm³/mol. The molecule has 0 radical (unpaired) electrons. The average molecular weight is 380 g/mol. The number of aryl methyl sites for hydroxylation is 1. The maximum Gasteiger partial charge on any atom is 0.168 e. The number of nitrogens with one attached hydrogen (secondary N) is 1. The number of hydrogen-bond donors (Lipinski definition) is 1. The fourth-order valence-corrected chi connectivity index (χ4v) is 3.63. The lowest BCUT2D eigenvalue weighted by molar-refractivity contribution is 0.154. The lowest BCUT2D eigenvalue weighted by atomic mass is 10.1. The largest absolute Gasteiger partial charge is 0.369 e. The number of piperazine rings is 1. The summed E-state index contributed by atoms with van der Waals surface area (Å²) in [6, 6.07) is 8.47. The van der Waals surface area contributed by atoms with Crippen LogP contribution in [0.3, 0.4) is 0 Å². The van der Waals surface area contributed by atoms with E-state index in [2.05, 4.69) is 68.4 Å². The minimum atomic E-state index is 0.834. The van der Waals surface area contributed by atoms with E-state index in [1.165, 1.54) is 18.7 Å². The molecule has 1 aliphatic rings. The van der Waals surface area contributed by atoms with Gasteiger partial charge in [0.25, 0.3) is 0 Å². The van der Waals surface area contributed by atoms with Crippen molar-refractivity contribution in [3.05, 3.63) is 42.4 Å². The third kappa shape index (κ3) is 4.15. The van der Waals surface area contributed by atoms with E-state index in [1.807, 2.05) is 10.9 Å². The maximum atomic E-state index is 4.55. The van der Waals surface area contributed by atoms with Crippen LogP contribution in [0.15, 0.2) is 36.8 Å². The van der Waals surface area contributed by atoms with Crippen molar-refractivity contribution in [2.24, 2.45) is 0 Å². The summed E-state index contributed by atoms with van der Waals surface area (Å²) in [4.78, 5) is 13.8. The molecule has 0 spiro atoms. The molecule has 0 unspecified atom stereocenters. The van der Waals surface area contributed by atoms with Gasteiger partial charge in [-0.15, -0.1) is 0 Å². The molecule has 4 rings (SSSR count). The summed E-state index contributed by atoms with van der Waals surface area (Å²) in [7, 11) is 2.19. The summed E-state index contributed by atoms with van der Waals surface area (Å²) >= 11 is 0. The first-order chi connectivity index (χ1) is 13.7. The van der Waals surface area contributed by atoms with E-state index in [0.717, 1.165) is 61.6 Å². The van der Waals surface area contributed by atoms with Crippen molar-refractivity contribution in [2.45, 2.75) is 19.8 Å². The Hall–Kier alpha value is -2.51. The zero-order valence-electron chi connectivity index (χ0n) is 16.8. The first-order valence-electron chi connectivity index (χ1n) is 10.2. The van der Waals surface area contributed by atoms with Gasteiger partial charge in [0.05, 0.1) is 17.3 Å². The van der Waals surface area contributed by atoms with Crippen LogP contribution < -0.4 is 5.32 Å². The molecule has 28 heavy (non-hydrogen) atoms. The molecule has 148 valence electrons. The normalized spacial score (nSPS) is 15.9. The summed E-state index contributed by atoms with van der Waals surface area (Å²) in [5.74, 6) is 0.861. The topological polar surface area (TPSA) is 62.1 Å². The Kier molecular flexibility index (Phi) is 5.83. The van der Waals surface area contributed by atoms with Gasteiger partial charge in [0.2, 0.25) is 0 Å². The lowest BCUT2D eigenvalue weighted by Crippen LogP contribution is -2.44. The number of hydrogen-bond acceptors (Lipinski definition) is 6. The lowest BCUT2D eigenvalue weighted by Gasteiger charge is -2.32. The van der Waals surface area contributed by atoms with Crippen molar-refractivity contribution >= 4 is 16.9 Å². The number of nitrogens with zero attached hydrogens (tertiary/aromatic N) is 6. The molecule has 0 bridgehead atoms. The first kappa shape index (κ1) is 18.8. The first-order valence-corrected chi connectivity index (χ1v) is 10.2. The van der Waals surface area contributed by atoms with Gasteiger partial charge in [-0.2, -0.15) is 5.10 Å². The second-order valence-corrected chi connectivity index (χ2v) is 7.46. The molecule has 2 aromatic heterocycles. The standard InChI is InChI=1S/C21H29N7/c1-3-17-5-7-18(8-6-17)28-21-19(15-25-28)20(23-16-24-21)22-9-4-10-27-13-11-26(2)12-14-27/h5-8,15-16H,3-4,9-14H2,1-2H3,(H,22,23,24). The monoisotopic (exact) mass is 379 g/mol. The molecule has 0 amide bonds. The Bertz CT molecular complexity index is 895. The highest BCUT2D eigenvalue weighted by atomic mass is 15.3. The van der Waals surface area contributed by atoms with E-state index in [1.54, 1.807) is 6.33 Å². The molecule has 7 nitrogen and oxygen atoms in total. The Labute approximate surface area is 166 Å². The van der Waals surface area contributed by atoms with Gasteiger partial charge in [0.1, 0.15) is 12.1 Å². The number of fused-ring (bicyclic) bond motifs is 1. The SMILES string of the molecule is CCc1ccc(-n2ncc3c(NCCCN4CCN(C)CC4)ncnc32)cc1. The van der Waals surface area contributed by atoms with Gasteiger partial charge in [0.15, 0.2) is 5.65 Å². The van der Waals surface area contributed by atoms with E-state index < -0.39 is 0 Å². The number of benzene rings is 1. The van der Waals surface area contributed by atoms with E-state index in [9.17, 15) is 0 Å². The average Bonchev–Trinajstić information content (AvgIpc) is 3.17. The molecular weight excluding hydrogens is 350 g/mol. The molecule has 0 saturated carbocycles. The Morgan fingerprint density at radius 2 is 1.82 bits per heavy atom. The second kappa shape index (κ2) is 8.67. The molecule has 1 saturated heterocycles. The van der Waals surface area contributed by atoms with Crippen LogP contribution in [0, 0.1) is 0 Å². The molecule has 0 atom stereocenters. The van der Waals surface area contributed by atoms with Gasteiger partial charge in [-0.3, -0.25) is 0 Å². The summed E-state index contributed by atoms with van der Waals surface area (Å²) in [6.07, 6.45) is 5.60. The van der Waals surface area contributed by atoms with E-state index in [0.29, 0.717) is 0 Å². The minimum Gasteiger partial charge on any atom is -0.369 e. The smallest absolute Gasteiger partial charge is 0.168 e. The molecule has 1 aromatic carbocycles. The Morgan fingerprint density at radius 1 is 1.04 bits per heavy atom. The van der Waals surface area contributed by atoms with Crippen LogP contribution in [0.4, 0.5) is 5.82 Å². The van der Waals surface area contributed by atoms with Gasteiger partial charge in [-0.25, -0.2) is 14.6 Å². The van der Waals surface area contributed by atoms with Crippen molar-refractivity contribution in [3.63, 3.8) is 0 Å². The van der Waals surface area contributed by atoms with Gasteiger partial charge in [-0.05, 0) is 44.1 Å². The van der Waals surface area contributed by atoms with Crippen molar-refractivity contribution in [3.8, 4) is 5.69 Å². The summed E-state index contributed by atoms with van der Waals surface area (Å²) in [5, 5.41) is 8.99. The van der Waals surface area contributed by atoms with Crippen molar-refractivity contribution in [2.75, 3.05) is 51.6 Å². The van der Waals surface area contributed by atoms with Gasteiger partial charge in [-0.1, -0.05) is 19.1 Å². The number of aromatic nitrogens is 4. The summed E-state index contributed by atoms with van der Waals surface area (Å²) in [5.41, 5.74) is 3.17. The van der Waals surface area contributed by atoms with Crippen LogP contribution in [0.1, 0.15) is 18.9 Å². The molecular formula is C21H29N7. The number of likely N-dealkylation sites (N-methyl/N-ethyl adjacent to an activating group) is 1. The third-order valence-electron chi connectivity index (χ3n) is 5.49. The Balaban J connectivity index is 1.40. The van der Waals surface area contributed by atoms with Crippen LogP contribution in [-0.2, 0) is 6.42 Å². The third-order valence-corrected chi connectivity index (χ3v) is 5.49. The van der Waals surface area contributed by atoms with Crippen molar-refractivity contribution in [1.29, 1.82) is 0 Å². The summed E-state index contributed by atoms with van der Waals surface area (Å²) in [6.45, 7) is 8.84. The zero-order chi connectivity index (χ0) is 19.3. The van der Waals surface area contributed by atoms with Gasteiger partial charge in [0, 0.05) is 32.7 Å². The Morgan fingerprint density at radius 3 is 2.57 bits per heavy atom. The second-order valence-electron chi connectivity index (χ2n) is 7.46.